The summed E-state index contributed by atoms with van der Waals surface area (Å²) in [6.07, 6.45) is 0. The number of carboxylic acids is 1. The molecule has 1 aromatic carbocycles. The Morgan fingerprint density at radius 1 is 1.50 bits per heavy atom. The van der Waals surface area contributed by atoms with Gasteiger partial charge in [-0.1, -0.05) is 28.1 Å². The van der Waals surface area contributed by atoms with Gasteiger partial charge in [0, 0.05) is 15.5 Å². The summed E-state index contributed by atoms with van der Waals surface area (Å²) in [5, 5.41) is 9.98. The summed E-state index contributed by atoms with van der Waals surface area (Å²) in [7, 11) is 0. The predicted octanol–water partition coefficient (Wildman–Crippen LogP) is 1.82. The molecule has 0 heterocycles. The van der Waals surface area contributed by atoms with Gasteiger partial charge in [0.15, 0.2) is 0 Å². The minimum Gasteiger partial charge on any atom is -0.549 e. The SMILES string of the molecule is C[C@@H](SCc1ccc(Br)cc1)C(=O)[O-]. The van der Waals surface area contributed by atoms with Crippen molar-refractivity contribution in [3.05, 3.63) is 34.3 Å². The van der Waals surface area contributed by atoms with Gasteiger partial charge in [0.05, 0.1) is 5.97 Å². The molecule has 0 aliphatic rings. The van der Waals surface area contributed by atoms with Gasteiger partial charge in [0.1, 0.15) is 0 Å². The van der Waals surface area contributed by atoms with Crippen LogP contribution in [0.2, 0.25) is 0 Å². The Bertz CT molecular complexity index is 310. The number of carbonyl (C=O) groups excluding carboxylic acids is 1. The van der Waals surface area contributed by atoms with Crippen LogP contribution < -0.4 is 5.11 Å². The number of rotatable bonds is 4. The fourth-order valence-electron chi connectivity index (χ4n) is 0.870. The third kappa shape index (κ3) is 3.72. The van der Waals surface area contributed by atoms with Crippen LogP contribution in [0.1, 0.15) is 12.5 Å². The van der Waals surface area contributed by atoms with Gasteiger partial charge in [0.25, 0.3) is 0 Å². The van der Waals surface area contributed by atoms with E-state index in [1.54, 1.807) is 6.92 Å². The molecular weight excluding hydrogens is 264 g/mol. The van der Waals surface area contributed by atoms with E-state index in [4.69, 9.17) is 0 Å². The third-order valence-corrected chi connectivity index (χ3v) is 3.47. The topological polar surface area (TPSA) is 40.1 Å². The van der Waals surface area contributed by atoms with Crippen molar-refractivity contribution in [2.45, 2.75) is 17.9 Å². The molecular formula is C10H10BrO2S-. The van der Waals surface area contributed by atoms with Crippen LogP contribution in [0.4, 0.5) is 0 Å². The number of hydrogen-bond acceptors (Lipinski definition) is 3. The maximum absolute atomic E-state index is 10.4. The fraction of sp³-hybridized carbons (Fsp3) is 0.300. The summed E-state index contributed by atoms with van der Waals surface area (Å²) >= 11 is 4.70. The zero-order valence-corrected chi connectivity index (χ0v) is 10.1. The Morgan fingerprint density at radius 2 is 2.07 bits per heavy atom. The lowest BCUT2D eigenvalue weighted by molar-refractivity contribution is -0.304. The second kappa shape index (κ2) is 5.41. The molecule has 0 N–H and O–H groups in total. The van der Waals surface area contributed by atoms with Crippen molar-refractivity contribution in [3.63, 3.8) is 0 Å². The zero-order valence-electron chi connectivity index (χ0n) is 7.70. The summed E-state index contributed by atoms with van der Waals surface area (Å²) in [4.78, 5) is 10.4. The molecule has 0 saturated carbocycles. The lowest BCUT2D eigenvalue weighted by Crippen LogP contribution is -2.31. The molecule has 76 valence electrons. The zero-order chi connectivity index (χ0) is 10.6. The van der Waals surface area contributed by atoms with Crippen molar-refractivity contribution in [3.8, 4) is 0 Å². The Labute approximate surface area is 95.8 Å². The maximum atomic E-state index is 10.4. The average Bonchev–Trinajstić information content (AvgIpc) is 2.16. The Morgan fingerprint density at radius 3 is 2.57 bits per heavy atom. The van der Waals surface area contributed by atoms with Crippen LogP contribution >= 0.6 is 27.7 Å². The third-order valence-electron chi connectivity index (χ3n) is 1.75. The van der Waals surface area contributed by atoms with Crippen LogP contribution in [0.15, 0.2) is 28.7 Å². The number of hydrogen-bond donors (Lipinski definition) is 0. The molecule has 2 nitrogen and oxygen atoms in total. The molecule has 1 aromatic rings. The highest BCUT2D eigenvalue weighted by molar-refractivity contribution is 9.10. The molecule has 0 aromatic heterocycles. The summed E-state index contributed by atoms with van der Waals surface area (Å²) in [5.74, 6) is -0.310. The lowest BCUT2D eigenvalue weighted by Gasteiger charge is -2.11. The first-order valence-electron chi connectivity index (χ1n) is 4.16. The van der Waals surface area contributed by atoms with Gasteiger partial charge >= 0.3 is 0 Å². The molecule has 4 heteroatoms. The number of carboxylic acid groups (broad SMARTS) is 1. The van der Waals surface area contributed by atoms with Crippen molar-refractivity contribution >= 4 is 33.7 Å². The second-order valence-corrected chi connectivity index (χ2v) is 5.14. The number of aliphatic carboxylic acids is 1. The molecule has 0 amide bonds. The molecule has 14 heavy (non-hydrogen) atoms. The van der Waals surface area contributed by atoms with Gasteiger partial charge < -0.3 is 9.90 Å². The maximum Gasteiger partial charge on any atom is 0.0541 e. The molecule has 0 radical (unpaired) electrons. The van der Waals surface area contributed by atoms with Crippen LogP contribution in [0, 0.1) is 0 Å². The molecule has 0 spiro atoms. The van der Waals surface area contributed by atoms with E-state index in [1.807, 2.05) is 24.3 Å². The minimum absolute atomic E-state index is 0.460. The summed E-state index contributed by atoms with van der Waals surface area (Å²) in [5.41, 5.74) is 1.12. The van der Waals surface area contributed by atoms with Crippen LogP contribution in [0.3, 0.4) is 0 Å². The van der Waals surface area contributed by atoms with E-state index in [0.29, 0.717) is 5.75 Å². The smallest absolute Gasteiger partial charge is 0.0541 e. The van der Waals surface area contributed by atoms with Crippen molar-refractivity contribution < 1.29 is 9.90 Å². The number of thioether (sulfide) groups is 1. The Hall–Kier alpha value is -0.480. The first-order chi connectivity index (χ1) is 6.59. The highest BCUT2D eigenvalue weighted by Crippen LogP contribution is 2.18. The monoisotopic (exact) mass is 273 g/mol. The van der Waals surface area contributed by atoms with Crippen molar-refractivity contribution in [1.82, 2.24) is 0 Å². The van der Waals surface area contributed by atoms with E-state index in [2.05, 4.69) is 15.9 Å². The van der Waals surface area contributed by atoms with Crippen LogP contribution in [-0.4, -0.2) is 11.2 Å². The molecule has 0 fully saturated rings. The van der Waals surface area contributed by atoms with Crippen LogP contribution in [0.5, 0.6) is 0 Å². The van der Waals surface area contributed by atoms with Gasteiger partial charge in [-0.2, -0.15) is 0 Å². The lowest BCUT2D eigenvalue weighted by atomic mass is 10.2. The Balaban J connectivity index is 2.46. The van der Waals surface area contributed by atoms with E-state index in [1.165, 1.54) is 11.8 Å². The number of carbonyl (C=O) groups is 1. The van der Waals surface area contributed by atoms with Gasteiger partial charge in [0.2, 0.25) is 0 Å². The fourth-order valence-corrected chi connectivity index (χ4v) is 1.91. The quantitative estimate of drug-likeness (QED) is 0.840. The molecule has 0 unspecified atom stereocenters. The van der Waals surface area contributed by atoms with Gasteiger partial charge in [-0.3, -0.25) is 0 Å². The van der Waals surface area contributed by atoms with Crippen LogP contribution in [0.25, 0.3) is 0 Å². The van der Waals surface area contributed by atoms with Gasteiger partial charge in [-0.25, -0.2) is 0 Å². The highest BCUT2D eigenvalue weighted by Gasteiger charge is 2.03. The van der Waals surface area contributed by atoms with Crippen molar-refractivity contribution in [2.75, 3.05) is 0 Å². The summed E-state index contributed by atoms with van der Waals surface area (Å²) in [6, 6.07) is 7.83. The molecule has 0 aliphatic heterocycles. The molecule has 0 bridgehead atoms. The van der Waals surface area contributed by atoms with E-state index in [0.717, 1.165) is 10.0 Å². The van der Waals surface area contributed by atoms with E-state index in [-0.39, 0.29) is 0 Å². The van der Waals surface area contributed by atoms with Crippen molar-refractivity contribution in [2.24, 2.45) is 0 Å². The van der Waals surface area contributed by atoms with Gasteiger partial charge in [-0.05, 0) is 24.6 Å². The summed E-state index contributed by atoms with van der Waals surface area (Å²) < 4.78 is 1.03. The predicted molar refractivity (Wildman–Crippen MR) is 59.9 cm³/mol. The molecule has 0 saturated heterocycles. The Kier molecular flexibility index (Phi) is 4.48. The first-order valence-corrected chi connectivity index (χ1v) is 6.00. The minimum atomic E-state index is -1.01. The van der Waals surface area contributed by atoms with Crippen molar-refractivity contribution in [1.29, 1.82) is 0 Å². The normalized spacial score (nSPS) is 12.4. The second-order valence-electron chi connectivity index (χ2n) is 2.90. The van der Waals surface area contributed by atoms with E-state index in [9.17, 15) is 9.90 Å². The van der Waals surface area contributed by atoms with E-state index < -0.39 is 11.2 Å². The standard InChI is InChI=1S/C10H11BrO2S/c1-7(10(12)13)14-6-8-2-4-9(11)5-3-8/h2-5,7H,6H2,1H3,(H,12,13)/p-1/t7-/m1/s1. The molecule has 1 atom stereocenters. The highest BCUT2D eigenvalue weighted by atomic mass is 79.9. The van der Waals surface area contributed by atoms with Crippen LogP contribution in [-0.2, 0) is 10.5 Å². The number of benzene rings is 1. The molecule has 1 rings (SSSR count). The summed E-state index contributed by atoms with van der Waals surface area (Å²) in [6.45, 7) is 1.64. The largest absolute Gasteiger partial charge is 0.549 e. The molecule has 0 aliphatic carbocycles. The average molecular weight is 274 g/mol. The van der Waals surface area contributed by atoms with Gasteiger partial charge in [-0.15, -0.1) is 11.8 Å². The van der Waals surface area contributed by atoms with E-state index >= 15 is 0 Å². The first kappa shape index (κ1) is 11.6. The number of halogens is 1.